The number of benzene rings is 2. The predicted octanol–water partition coefficient (Wildman–Crippen LogP) is 3.45. The van der Waals surface area contributed by atoms with E-state index in [9.17, 15) is 13.2 Å². The Balaban J connectivity index is 1.86. The van der Waals surface area contributed by atoms with Crippen LogP contribution in [0.3, 0.4) is 0 Å². The van der Waals surface area contributed by atoms with Crippen molar-refractivity contribution in [1.82, 2.24) is 4.98 Å². The van der Waals surface area contributed by atoms with Crippen LogP contribution in [0.1, 0.15) is 10.4 Å². The highest BCUT2D eigenvalue weighted by Crippen LogP contribution is 2.24. The van der Waals surface area contributed by atoms with Crippen molar-refractivity contribution in [2.45, 2.75) is 4.90 Å². The van der Waals surface area contributed by atoms with E-state index in [1.807, 2.05) is 36.4 Å². The fraction of sp³-hybridized carbons (Fsp3) is 0.100. The van der Waals surface area contributed by atoms with Crippen LogP contribution in [-0.4, -0.2) is 32.6 Å². The van der Waals surface area contributed by atoms with Crippen LogP contribution >= 0.6 is 0 Å². The molecule has 2 aromatic carbocycles. The minimum absolute atomic E-state index is 0.152. The van der Waals surface area contributed by atoms with Crippen LogP contribution in [0, 0.1) is 0 Å². The fourth-order valence-electron chi connectivity index (χ4n) is 2.68. The van der Waals surface area contributed by atoms with Gasteiger partial charge >= 0.3 is 0 Å². The average Bonchev–Trinajstić information content (AvgIpc) is 2.67. The highest BCUT2D eigenvalue weighted by molar-refractivity contribution is 7.90. The second-order valence-electron chi connectivity index (χ2n) is 5.98. The van der Waals surface area contributed by atoms with Gasteiger partial charge in [0, 0.05) is 36.3 Å². The molecule has 3 aromatic rings. The van der Waals surface area contributed by atoms with Gasteiger partial charge < -0.3 is 10.6 Å². The first-order valence-electron chi connectivity index (χ1n) is 8.23. The molecule has 0 fully saturated rings. The number of nitrogens with one attached hydrogen (secondary N) is 2. The van der Waals surface area contributed by atoms with Gasteiger partial charge in [0.2, 0.25) is 0 Å². The van der Waals surface area contributed by atoms with E-state index in [2.05, 4.69) is 15.6 Å². The van der Waals surface area contributed by atoms with Gasteiger partial charge in [-0.05, 0) is 42.5 Å². The molecule has 2 N–H and O–H groups in total. The lowest BCUT2D eigenvalue weighted by Gasteiger charge is -2.11. The Labute approximate surface area is 158 Å². The van der Waals surface area contributed by atoms with Crippen molar-refractivity contribution in [3.8, 4) is 11.3 Å². The van der Waals surface area contributed by atoms with Crippen molar-refractivity contribution < 1.29 is 13.2 Å². The Morgan fingerprint density at radius 1 is 1.00 bits per heavy atom. The van der Waals surface area contributed by atoms with E-state index >= 15 is 0 Å². The SMILES string of the molecule is CNc1cc(C(=O)Nc2cccc(-c3ccccn3)c2)ccc1S(C)(=O)=O. The second-order valence-corrected chi connectivity index (χ2v) is 7.97. The van der Waals surface area contributed by atoms with Crippen molar-refractivity contribution in [2.24, 2.45) is 0 Å². The van der Waals surface area contributed by atoms with Gasteiger partial charge in [-0.25, -0.2) is 8.42 Å². The molecule has 0 saturated carbocycles. The molecule has 0 aliphatic heterocycles. The normalized spacial score (nSPS) is 11.0. The second kappa shape index (κ2) is 7.59. The quantitative estimate of drug-likeness (QED) is 0.707. The van der Waals surface area contributed by atoms with Gasteiger partial charge in [0.1, 0.15) is 0 Å². The monoisotopic (exact) mass is 381 g/mol. The number of nitrogens with zero attached hydrogens (tertiary/aromatic N) is 1. The third-order valence-corrected chi connectivity index (χ3v) is 5.15. The van der Waals surface area contributed by atoms with Crippen LogP contribution < -0.4 is 10.6 Å². The molecule has 0 aliphatic rings. The van der Waals surface area contributed by atoms with Gasteiger partial charge in [0.05, 0.1) is 16.3 Å². The largest absolute Gasteiger partial charge is 0.387 e. The number of carbonyl (C=O) groups is 1. The predicted molar refractivity (Wildman–Crippen MR) is 107 cm³/mol. The van der Waals surface area contributed by atoms with Gasteiger partial charge in [-0.2, -0.15) is 0 Å². The lowest BCUT2D eigenvalue weighted by atomic mass is 10.1. The van der Waals surface area contributed by atoms with Crippen LogP contribution in [0.4, 0.5) is 11.4 Å². The summed E-state index contributed by atoms with van der Waals surface area (Å²) in [5.74, 6) is -0.329. The fourth-order valence-corrected chi connectivity index (χ4v) is 3.56. The first-order chi connectivity index (χ1) is 12.9. The average molecular weight is 381 g/mol. The van der Waals surface area contributed by atoms with E-state index < -0.39 is 9.84 Å². The van der Waals surface area contributed by atoms with E-state index in [1.54, 1.807) is 19.3 Å². The van der Waals surface area contributed by atoms with Crippen molar-refractivity contribution in [1.29, 1.82) is 0 Å². The number of sulfone groups is 1. The molecule has 6 nitrogen and oxygen atoms in total. The lowest BCUT2D eigenvalue weighted by molar-refractivity contribution is 0.102. The minimum atomic E-state index is -3.38. The molecule has 0 saturated heterocycles. The minimum Gasteiger partial charge on any atom is -0.387 e. The maximum absolute atomic E-state index is 12.6. The first kappa shape index (κ1) is 18.6. The molecule has 7 heteroatoms. The molecule has 138 valence electrons. The van der Waals surface area contributed by atoms with E-state index in [4.69, 9.17) is 0 Å². The van der Waals surface area contributed by atoms with Crippen LogP contribution in [-0.2, 0) is 9.84 Å². The summed E-state index contributed by atoms with van der Waals surface area (Å²) in [7, 11) is -1.77. The molecule has 1 heterocycles. The van der Waals surface area contributed by atoms with Crippen LogP contribution in [0.15, 0.2) is 71.8 Å². The molecule has 3 rings (SSSR count). The molecular formula is C20H19N3O3S. The molecule has 27 heavy (non-hydrogen) atoms. The van der Waals surface area contributed by atoms with Crippen LogP contribution in [0.2, 0.25) is 0 Å². The Bertz CT molecular complexity index is 1080. The number of hydrogen-bond acceptors (Lipinski definition) is 5. The maximum atomic E-state index is 12.6. The van der Waals surface area contributed by atoms with E-state index in [-0.39, 0.29) is 10.8 Å². The smallest absolute Gasteiger partial charge is 0.255 e. The Hall–Kier alpha value is -3.19. The zero-order valence-corrected chi connectivity index (χ0v) is 15.7. The van der Waals surface area contributed by atoms with E-state index in [1.165, 1.54) is 18.2 Å². The van der Waals surface area contributed by atoms with Gasteiger partial charge in [0.15, 0.2) is 9.84 Å². The molecule has 0 radical (unpaired) electrons. The molecule has 0 atom stereocenters. The first-order valence-corrected chi connectivity index (χ1v) is 10.1. The van der Waals surface area contributed by atoms with E-state index in [0.29, 0.717) is 16.9 Å². The van der Waals surface area contributed by atoms with E-state index in [0.717, 1.165) is 17.5 Å². The van der Waals surface area contributed by atoms with Crippen molar-refractivity contribution in [3.63, 3.8) is 0 Å². The zero-order chi connectivity index (χ0) is 19.4. The van der Waals surface area contributed by atoms with Crippen molar-refractivity contribution in [3.05, 3.63) is 72.4 Å². The highest BCUT2D eigenvalue weighted by Gasteiger charge is 2.16. The zero-order valence-electron chi connectivity index (χ0n) is 14.9. The summed E-state index contributed by atoms with van der Waals surface area (Å²) < 4.78 is 23.6. The summed E-state index contributed by atoms with van der Waals surface area (Å²) in [6.07, 6.45) is 2.84. The number of pyridine rings is 1. The molecule has 1 amide bonds. The molecule has 1 aromatic heterocycles. The summed E-state index contributed by atoms with van der Waals surface area (Å²) in [5, 5.41) is 5.66. The third-order valence-electron chi connectivity index (χ3n) is 3.99. The molecular weight excluding hydrogens is 362 g/mol. The standard InChI is InChI=1S/C20H19N3O3S/c1-21-18-13-15(9-10-19(18)27(2,25)26)20(24)23-16-7-5-6-14(12-16)17-8-3-4-11-22-17/h3-13,21H,1-2H3,(H,23,24). The van der Waals surface area contributed by atoms with Crippen molar-refractivity contribution in [2.75, 3.05) is 23.9 Å². The summed E-state index contributed by atoms with van der Waals surface area (Å²) in [6, 6.07) is 17.5. The number of anilines is 2. The lowest BCUT2D eigenvalue weighted by Crippen LogP contribution is -2.13. The summed E-state index contributed by atoms with van der Waals surface area (Å²) in [6.45, 7) is 0. The molecule has 0 bridgehead atoms. The molecule has 0 unspecified atom stereocenters. The Kier molecular flexibility index (Phi) is 5.23. The maximum Gasteiger partial charge on any atom is 0.255 e. The molecule has 0 spiro atoms. The number of carbonyl (C=O) groups excluding carboxylic acids is 1. The number of amides is 1. The van der Waals surface area contributed by atoms with Gasteiger partial charge in [-0.15, -0.1) is 0 Å². The van der Waals surface area contributed by atoms with Crippen LogP contribution in [0.5, 0.6) is 0 Å². The number of rotatable bonds is 5. The number of hydrogen-bond donors (Lipinski definition) is 2. The van der Waals surface area contributed by atoms with Crippen LogP contribution in [0.25, 0.3) is 11.3 Å². The van der Waals surface area contributed by atoms with Gasteiger partial charge in [-0.3, -0.25) is 9.78 Å². The highest BCUT2D eigenvalue weighted by atomic mass is 32.2. The van der Waals surface area contributed by atoms with Crippen molar-refractivity contribution >= 4 is 27.1 Å². The summed E-state index contributed by atoms with van der Waals surface area (Å²) >= 11 is 0. The third kappa shape index (κ3) is 4.32. The summed E-state index contributed by atoms with van der Waals surface area (Å²) in [5.41, 5.74) is 3.06. The summed E-state index contributed by atoms with van der Waals surface area (Å²) in [4.78, 5) is 17.0. The Morgan fingerprint density at radius 3 is 2.48 bits per heavy atom. The van der Waals surface area contributed by atoms with Gasteiger partial charge in [-0.1, -0.05) is 18.2 Å². The molecule has 0 aliphatic carbocycles. The number of aromatic nitrogens is 1. The Morgan fingerprint density at radius 2 is 1.81 bits per heavy atom. The van der Waals surface area contributed by atoms with Gasteiger partial charge in [0.25, 0.3) is 5.91 Å². The topological polar surface area (TPSA) is 88.2 Å².